The molecule has 0 spiro atoms. The summed E-state index contributed by atoms with van der Waals surface area (Å²) in [7, 11) is 0. The van der Waals surface area contributed by atoms with E-state index in [1.807, 2.05) is 17.4 Å². The van der Waals surface area contributed by atoms with Gasteiger partial charge in [0, 0.05) is 59.3 Å². The number of thiophene rings is 1. The molecular weight excluding hydrogens is 699 g/mol. The predicted molar refractivity (Wildman–Crippen MR) is 237 cm³/mol. The molecule has 7 aromatic carbocycles. The molecule has 0 N–H and O–H groups in total. The highest BCUT2D eigenvalue weighted by atomic mass is 32.1. The van der Waals surface area contributed by atoms with Crippen LogP contribution < -0.4 is 0 Å². The van der Waals surface area contributed by atoms with Crippen LogP contribution >= 0.6 is 11.3 Å². The average molecular weight is 734 g/mol. The molecule has 3 heterocycles. The van der Waals surface area contributed by atoms with E-state index in [1.165, 1.54) is 69.9 Å². The molecule has 1 unspecified atom stereocenters. The van der Waals surface area contributed by atoms with Crippen LogP contribution in [0.4, 0.5) is 0 Å². The van der Waals surface area contributed by atoms with Gasteiger partial charge in [-0.25, -0.2) is 9.97 Å². The molecule has 3 aromatic heterocycles. The van der Waals surface area contributed by atoms with Crippen LogP contribution in [0.5, 0.6) is 0 Å². The van der Waals surface area contributed by atoms with Crippen molar-refractivity contribution in [2.75, 3.05) is 0 Å². The van der Waals surface area contributed by atoms with Gasteiger partial charge in [0.1, 0.15) is 0 Å². The molecular formula is C52H35N3S. The summed E-state index contributed by atoms with van der Waals surface area (Å²) in [4.78, 5) is 10.5. The van der Waals surface area contributed by atoms with Gasteiger partial charge < -0.3 is 4.57 Å². The third-order valence-corrected chi connectivity index (χ3v) is 12.3. The number of hydrogen-bond donors (Lipinski definition) is 0. The molecule has 1 aliphatic rings. The van der Waals surface area contributed by atoms with Crippen molar-refractivity contribution in [1.82, 2.24) is 14.5 Å². The molecule has 0 bridgehead atoms. The molecule has 1 aliphatic carbocycles. The van der Waals surface area contributed by atoms with Gasteiger partial charge in [0.25, 0.3) is 0 Å². The summed E-state index contributed by atoms with van der Waals surface area (Å²) in [5.41, 5.74) is 12.5. The van der Waals surface area contributed by atoms with Gasteiger partial charge in [0.05, 0.1) is 22.4 Å². The maximum absolute atomic E-state index is 5.35. The molecule has 0 amide bonds. The molecule has 0 saturated heterocycles. The van der Waals surface area contributed by atoms with Gasteiger partial charge >= 0.3 is 0 Å². The van der Waals surface area contributed by atoms with Gasteiger partial charge in [0.2, 0.25) is 0 Å². The molecule has 10 aromatic rings. The van der Waals surface area contributed by atoms with E-state index >= 15 is 0 Å². The number of fused-ring (bicyclic) bond motifs is 7. The maximum atomic E-state index is 5.35. The van der Waals surface area contributed by atoms with E-state index in [1.54, 1.807) is 0 Å². The molecule has 56 heavy (non-hydrogen) atoms. The first kappa shape index (κ1) is 32.5. The quantitative estimate of drug-likeness (QED) is 0.170. The van der Waals surface area contributed by atoms with Gasteiger partial charge in [-0.1, -0.05) is 158 Å². The van der Waals surface area contributed by atoms with Gasteiger partial charge in [-0.3, -0.25) is 0 Å². The molecule has 0 fully saturated rings. The van der Waals surface area contributed by atoms with E-state index in [4.69, 9.17) is 9.97 Å². The lowest BCUT2D eigenvalue weighted by molar-refractivity contribution is 0.842. The van der Waals surface area contributed by atoms with Gasteiger partial charge in [-0.15, -0.1) is 11.3 Å². The fourth-order valence-corrected chi connectivity index (χ4v) is 9.81. The first-order valence-electron chi connectivity index (χ1n) is 19.2. The highest BCUT2D eigenvalue weighted by Gasteiger charge is 2.32. The third-order valence-electron chi connectivity index (χ3n) is 11.2. The van der Waals surface area contributed by atoms with E-state index in [0.717, 1.165) is 34.8 Å². The average Bonchev–Trinajstić information content (AvgIpc) is 3.82. The molecule has 3 nitrogen and oxygen atoms in total. The van der Waals surface area contributed by atoms with Gasteiger partial charge in [-0.2, -0.15) is 0 Å². The van der Waals surface area contributed by atoms with Gasteiger partial charge in [-0.05, 0) is 59.5 Å². The Hall–Kier alpha value is -6.88. The molecule has 0 saturated carbocycles. The lowest BCUT2D eigenvalue weighted by atomic mass is 9.79. The van der Waals surface area contributed by atoms with Crippen LogP contribution in [0.15, 0.2) is 194 Å². The minimum Gasteiger partial charge on any atom is -0.312 e. The lowest BCUT2D eigenvalue weighted by Gasteiger charge is -2.31. The summed E-state index contributed by atoms with van der Waals surface area (Å²) in [5.74, 6) is 0.750. The summed E-state index contributed by atoms with van der Waals surface area (Å²) >= 11 is 1.88. The first-order chi connectivity index (χ1) is 27.8. The number of nitrogens with zero attached hydrogens (tertiary/aromatic N) is 3. The maximum Gasteiger partial charge on any atom is 0.160 e. The predicted octanol–water partition coefficient (Wildman–Crippen LogP) is 13.9. The normalized spacial score (nSPS) is 14.6. The Morgan fingerprint density at radius 2 is 1.09 bits per heavy atom. The van der Waals surface area contributed by atoms with E-state index in [0.29, 0.717) is 0 Å². The highest BCUT2D eigenvalue weighted by molar-refractivity contribution is 7.26. The zero-order valence-electron chi connectivity index (χ0n) is 30.5. The van der Waals surface area contributed by atoms with Crippen LogP contribution in [0, 0.1) is 0 Å². The second kappa shape index (κ2) is 13.5. The number of benzene rings is 7. The smallest absolute Gasteiger partial charge is 0.160 e. The number of rotatable bonds is 6. The van der Waals surface area contributed by atoms with Crippen molar-refractivity contribution in [2.24, 2.45) is 0 Å². The molecule has 0 aliphatic heterocycles. The molecule has 264 valence electrons. The molecule has 4 heteroatoms. The Balaban J connectivity index is 1.24. The standard InChI is InChI=1S/C52H35N3S/c1-5-17-34(18-6-1)41-31-38(44-33-43(36-21-9-3-10-22-36)53-52(54-44)37-23-11-4-12-24-37)32-42(35-19-7-2-8-20-35)51(41)55-45-27-15-13-25-39(45)49-46(55)29-30-48-50(49)40-26-14-16-28-47(40)56-48/h1-31,33,42H,32H2. The topological polar surface area (TPSA) is 30.7 Å². The zero-order valence-corrected chi connectivity index (χ0v) is 31.3. The van der Waals surface area contributed by atoms with Crippen LogP contribution in [-0.2, 0) is 0 Å². The van der Waals surface area contributed by atoms with Gasteiger partial charge in [0.15, 0.2) is 5.82 Å². The van der Waals surface area contributed by atoms with Crippen molar-refractivity contribution in [1.29, 1.82) is 0 Å². The fraction of sp³-hybridized carbons (Fsp3) is 0.0385. The minimum absolute atomic E-state index is 0.0237. The van der Waals surface area contributed by atoms with Crippen molar-refractivity contribution >= 4 is 70.2 Å². The SMILES string of the molecule is C1=C(c2cc(-c3ccccc3)nc(-c3ccccc3)n2)CC(c2ccccc2)C(n2c3ccccc3c3c4c(ccc32)sc2ccccc24)=C1c1ccccc1. The third kappa shape index (κ3) is 5.41. The Morgan fingerprint density at radius 1 is 0.482 bits per heavy atom. The summed E-state index contributed by atoms with van der Waals surface area (Å²) in [6, 6.07) is 67.5. The number of aromatic nitrogens is 3. The molecule has 11 rings (SSSR count). The monoisotopic (exact) mass is 733 g/mol. The van der Waals surface area contributed by atoms with Crippen LogP contribution in [-0.4, -0.2) is 14.5 Å². The number of allylic oxidation sites excluding steroid dienone is 4. The Bertz CT molecular complexity index is 3080. The number of hydrogen-bond acceptors (Lipinski definition) is 3. The van der Waals surface area contributed by atoms with Crippen molar-refractivity contribution < 1.29 is 0 Å². The van der Waals surface area contributed by atoms with Crippen molar-refractivity contribution in [3.63, 3.8) is 0 Å². The fourth-order valence-electron chi connectivity index (χ4n) is 8.70. The Morgan fingerprint density at radius 3 is 1.84 bits per heavy atom. The van der Waals surface area contributed by atoms with E-state index in [2.05, 4.69) is 193 Å². The van der Waals surface area contributed by atoms with E-state index < -0.39 is 0 Å². The van der Waals surface area contributed by atoms with Crippen molar-refractivity contribution in [2.45, 2.75) is 12.3 Å². The minimum atomic E-state index is 0.0237. The van der Waals surface area contributed by atoms with Crippen LogP contribution in [0.1, 0.15) is 29.2 Å². The second-order valence-electron chi connectivity index (χ2n) is 14.5. The summed E-state index contributed by atoms with van der Waals surface area (Å²) in [6.45, 7) is 0. The number of para-hydroxylation sites is 1. The summed E-state index contributed by atoms with van der Waals surface area (Å²) in [6.07, 6.45) is 3.18. The highest BCUT2D eigenvalue weighted by Crippen LogP contribution is 2.50. The largest absolute Gasteiger partial charge is 0.312 e. The Kier molecular flexibility index (Phi) is 7.82. The summed E-state index contributed by atoms with van der Waals surface area (Å²) < 4.78 is 5.21. The second-order valence-corrected chi connectivity index (χ2v) is 15.6. The van der Waals surface area contributed by atoms with Crippen LogP contribution in [0.25, 0.3) is 81.5 Å². The molecule has 1 atom stereocenters. The van der Waals surface area contributed by atoms with Crippen molar-refractivity contribution in [3.05, 3.63) is 211 Å². The summed E-state index contributed by atoms with van der Waals surface area (Å²) in [5, 5.41) is 5.24. The van der Waals surface area contributed by atoms with E-state index in [9.17, 15) is 0 Å². The zero-order chi connectivity index (χ0) is 37.0. The lowest BCUT2D eigenvalue weighted by Crippen LogP contribution is -2.15. The first-order valence-corrected chi connectivity index (χ1v) is 20.0. The van der Waals surface area contributed by atoms with Crippen molar-refractivity contribution in [3.8, 4) is 22.6 Å². The Labute approximate surface area is 329 Å². The van der Waals surface area contributed by atoms with E-state index in [-0.39, 0.29) is 5.92 Å². The van der Waals surface area contributed by atoms with Crippen LogP contribution in [0.3, 0.4) is 0 Å². The van der Waals surface area contributed by atoms with Crippen LogP contribution in [0.2, 0.25) is 0 Å². The molecule has 0 radical (unpaired) electrons.